The molecule has 0 radical (unpaired) electrons. The summed E-state index contributed by atoms with van der Waals surface area (Å²) in [5.74, 6) is -0.0961. The maximum absolute atomic E-state index is 12.6. The molecule has 0 aliphatic rings. The van der Waals surface area contributed by atoms with Gasteiger partial charge < -0.3 is 10.1 Å². The number of carbonyl (C=O) groups is 2. The van der Waals surface area contributed by atoms with Gasteiger partial charge in [0.05, 0.1) is 17.0 Å². The number of amides is 2. The molecule has 0 fully saturated rings. The molecule has 30 heavy (non-hydrogen) atoms. The Morgan fingerprint density at radius 3 is 2.60 bits per heavy atom. The van der Waals surface area contributed by atoms with E-state index in [0.717, 1.165) is 16.0 Å². The Hall–Kier alpha value is -3.45. The lowest BCUT2D eigenvalue weighted by atomic mass is 10.1. The van der Waals surface area contributed by atoms with E-state index in [1.807, 2.05) is 56.5 Å². The third-order valence-corrected chi connectivity index (χ3v) is 5.54. The van der Waals surface area contributed by atoms with E-state index in [0.29, 0.717) is 22.7 Å². The van der Waals surface area contributed by atoms with Crippen LogP contribution in [-0.4, -0.2) is 24.1 Å². The van der Waals surface area contributed by atoms with E-state index in [4.69, 9.17) is 4.74 Å². The van der Waals surface area contributed by atoms with Crippen molar-refractivity contribution in [2.75, 3.05) is 11.9 Å². The maximum Gasteiger partial charge on any atom is 0.273 e. The number of anilines is 1. The third-order valence-electron chi connectivity index (χ3n) is 4.56. The minimum atomic E-state index is -0.405. The molecule has 1 aromatic heterocycles. The Kier molecular flexibility index (Phi) is 6.98. The lowest BCUT2D eigenvalue weighted by Gasteiger charge is -2.12. The van der Waals surface area contributed by atoms with Crippen LogP contribution in [-0.2, 0) is 4.79 Å². The quantitative estimate of drug-likeness (QED) is 0.434. The molecule has 7 heteroatoms. The molecule has 3 aromatic rings. The van der Waals surface area contributed by atoms with Gasteiger partial charge in [0.1, 0.15) is 5.75 Å². The number of nitrogens with zero attached hydrogens (tertiary/aromatic N) is 1. The average Bonchev–Trinajstić information content (AvgIpc) is 3.28. The van der Waals surface area contributed by atoms with Crippen molar-refractivity contribution >= 4 is 34.6 Å². The minimum Gasteiger partial charge on any atom is -0.483 e. The Labute approximate surface area is 179 Å². The molecular formula is C23H23N3O3S. The molecule has 0 saturated carbocycles. The van der Waals surface area contributed by atoms with Gasteiger partial charge in [-0.1, -0.05) is 30.3 Å². The number of rotatable bonds is 7. The van der Waals surface area contributed by atoms with Crippen molar-refractivity contribution in [1.82, 2.24) is 5.43 Å². The van der Waals surface area contributed by atoms with Gasteiger partial charge in [0.15, 0.2) is 6.61 Å². The molecule has 0 aliphatic heterocycles. The highest BCUT2D eigenvalue weighted by Gasteiger charge is 2.14. The number of aryl methyl sites for hydroxylation is 1. The summed E-state index contributed by atoms with van der Waals surface area (Å²) in [4.78, 5) is 25.9. The summed E-state index contributed by atoms with van der Waals surface area (Å²) in [6.45, 7) is 5.60. The average molecular weight is 422 g/mol. The number of ether oxygens (including phenoxy) is 1. The summed E-state index contributed by atoms with van der Waals surface area (Å²) in [5, 5.41) is 8.83. The second-order valence-electron chi connectivity index (χ2n) is 6.70. The Morgan fingerprint density at radius 1 is 1.03 bits per heavy atom. The molecule has 154 valence electrons. The van der Waals surface area contributed by atoms with Crippen LogP contribution in [0.15, 0.2) is 65.1 Å². The van der Waals surface area contributed by atoms with Crippen LogP contribution in [0.1, 0.15) is 33.3 Å². The first kappa shape index (κ1) is 21.3. The monoisotopic (exact) mass is 421 g/mol. The molecule has 1 heterocycles. The molecule has 2 amide bonds. The van der Waals surface area contributed by atoms with Crippen molar-refractivity contribution in [3.8, 4) is 5.75 Å². The van der Waals surface area contributed by atoms with Crippen LogP contribution < -0.4 is 15.5 Å². The van der Waals surface area contributed by atoms with Crippen molar-refractivity contribution < 1.29 is 14.3 Å². The largest absolute Gasteiger partial charge is 0.483 e. The minimum absolute atomic E-state index is 0.157. The summed E-state index contributed by atoms with van der Waals surface area (Å²) in [7, 11) is 0. The van der Waals surface area contributed by atoms with Gasteiger partial charge in [0.2, 0.25) is 0 Å². The van der Waals surface area contributed by atoms with Gasteiger partial charge in [-0.3, -0.25) is 9.59 Å². The van der Waals surface area contributed by atoms with Crippen LogP contribution >= 0.6 is 11.3 Å². The fourth-order valence-corrected chi connectivity index (χ4v) is 3.41. The molecule has 2 aromatic carbocycles. The number of hydrogen-bond donors (Lipinski definition) is 2. The second kappa shape index (κ2) is 9.84. The summed E-state index contributed by atoms with van der Waals surface area (Å²) in [6.07, 6.45) is 0. The van der Waals surface area contributed by atoms with Crippen LogP contribution in [0.2, 0.25) is 0 Å². The standard InChI is InChI=1S/C23H23N3O3S/c1-15-8-6-11-20(16(15)2)29-14-22(27)24-19-10-5-4-9-18(19)23(28)26-25-17(3)21-12-7-13-30-21/h4-13H,14H2,1-3H3,(H,24,27)(H,26,28)/b25-17+. The molecule has 3 rings (SSSR count). The molecule has 0 unspecified atom stereocenters. The first-order chi connectivity index (χ1) is 14.5. The number of thiophene rings is 1. The zero-order valence-corrected chi connectivity index (χ0v) is 17.9. The van der Waals surface area contributed by atoms with E-state index in [-0.39, 0.29) is 12.5 Å². The van der Waals surface area contributed by atoms with Crippen LogP contribution in [0.25, 0.3) is 0 Å². The summed E-state index contributed by atoms with van der Waals surface area (Å²) in [5.41, 5.74) is 6.05. The van der Waals surface area contributed by atoms with E-state index in [2.05, 4.69) is 15.8 Å². The lowest BCUT2D eigenvalue weighted by Crippen LogP contribution is -2.24. The Balaban J connectivity index is 1.64. The third kappa shape index (κ3) is 5.33. The van der Waals surface area contributed by atoms with Gasteiger partial charge in [-0.05, 0) is 61.5 Å². The van der Waals surface area contributed by atoms with E-state index >= 15 is 0 Å². The lowest BCUT2D eigenvalue weighted by molar-refractivity contribution is -0.118. The number of hydrazone groups is 1. The van der Waals surface area contributed by atoms with Crippen LogP contribution in [0.3, 0.4) is 0 Å². The van der Waals surface area contributed by atoms with Gasteiger partial charge in [-0.15, -0.1) is 11.3 Å². The summed E-state index contributed by atoms with van der Waals surface area (Å²) >= 11 is 1.54. The van der Waals surface area contributed by atoms with Gasteiger partial charge >= 0.3 is 0 Å². The molecule has 6 nitrogen and oxygen atoms in total. The first-order valence-corrected chi connectivity index (χ1v) is 10.3. The predicted molar refractivity (Wildman–Crippen MR) is 120 cm³/mol. The van der Waals surface area contributed by atoms with E-state index in [1.165, 1.54) is 0 Å². The van der Waals surface area contributed by atoms with Crippen LogP contribution in [0, 0.1) is 13.8 Å². The van der Waals surface area contributed by atoms with Gasteiger partial charge in [0, 0.05) is 4.88 Å². The molecule has 0 aliphatic carbocycles. The SMILES string of the molecule is C/C(=N\NC(=O)c1ccccc1NC(=O)COc1cccc(C)c1C)c1cccs1. The zero-order chi connectivity index (χ0) is 21.5. The number of para-hydroxylation sites is 1. The normalized spacial score (nSPS) is 11.1. The van der Waals surface area contributed by atoms with Crippen molar-refractivity contribution in [1.29, 1.82) is 0 Å². The first-order valence-electron chi connectivity index (χ1n) is 9.42. The molecular weight excluding hydrogens is 398 g/mol. The fourth-order valence-electron chi connectivity index (χ4n) is 2.73. The second-order valence-corrected chi connectivity index (χ2v) is 7.64. The van der Waals surface area contributed by atoms with Crippen LogP contribution in [0.4, 0.5) is 5.69 Å². The maximum atomic E-state index is 12.6. The van der Waals surface area contributed by atoms with E-state index in [1.54, 1.807) is 35.6 Å². The van der Waals surface area contributed by atoms with E-state index in [9.17, 15) is 9.59 Å². The molecule has 0 saturated heterocycles. The van der Waals surface area contributed by atoms with Crippen molar-refractivity contribution in [3.05, 3.63) is 81.5 Å². The number of nitrogens with one attached hydrogen (secondary N) is 2. The molecule has 0 atom stereocenters. The fraction of sp³-hybridized carbons (Fsp3) is 0.174. The van der Waals surface area contributed by atoms with Crippen molar-refractivity contribution in [3.63, 3.8) is 0 Å². The van der Waals surface area contributed by atoms with E-state index < -0.39 is 5.91 Å². The van der Waals surface area contributed by atoms with Crippen LogP contribution in [0.5, 0.6) is 5.75 Å². The Bertz CT molecular complexity index is 1080. The van der Waals surface area contributed by atoms with Crippen molar-refractivity contribution in [2.45, 2.75) is 20.8 Å². The van der Waals surface area contributed by atoms with Gasteiger partial charge in [-0.2, -0.15) is 5.10 Å². The highest BCUT2D eigenvalue weighted by atomic mass is 32.1. The zero-order valence-electron chi connectivity index (χ0n) is 17.1. The van der Waals surface area contributed by atoms with Gasteiger partial charge in [-0.25, -0.2) is 5.43 Å². The summed E-state index contributed by atoms with van der Waals surface area (Å²) < 4.78 is 5.64. The van der Waals surface area contributed by atoms with Gasteiger partial charge in [0.25, 0.3) is 11.8 Å². The highest BCUT2D eigenvalue weighted by Crippen LogP contribution is 2.21. The predicted octanol–water partition coefficient (Wildman–Crippen LogP) is 4.54. The number of benzene rings is 2. The van der Waals surface area contributed by atoms with Crippen molar-refractivity contribution in [2.24, 2.45) is 5.10 Å². The molecule has 0 spiro atoms. The molecule has 0 bridgehead atoms. The highest BCUT2D eigenvalue weighted by molar-refractivity contribution is 7.12. The number of hydrogen-bond acceptors (Lipinski definition) is 5. The molecule has 2 N–H and O–H groups in total. The topological polar surface area (TPSA) is 79.8 Å². The Morgan fingerprint density at radius 2 is 1.83 bits per heavy atom. The summed E-state index contributed by atoms with van der Waals surface area (Å²) in [6, 6.07) is 16.3. The number of carbonyl (C=O) groups excluding carboxylic acids is 2. The smallest absolute Gasteiger partial charge is 0.273 e.